The SMILES string of the molecule is C=CCCOC(=O)[C@H]1[C@H]2C(=O)N([C@@H](CO)[C@@H](C)CC)C(C(=O)N(CC=C)C3CCCCC3)C23CC[C@]1(C)O3. The highest BCUT2D eigenvalue weighted by atomic mass is 16.6. The third-order valence-corrected chi connectivity index (χ3v) is 9.74. The van der Waals surface area contributed by atoms with Crippen molar-refractivity contribution in [3.8, 4) is 0 Å². The summed E-state index contributed by atoms with van der Waals surface area (Å²) in [6, 6.07) is -1.38. The molecule has 38 heavy (non-hydrogen) atoms. The molecule has 2 amide bonds. The predicted molar refractivity (Wildman–Crippen MR) is 144 cm³/mol. The number of hydrogen-bond acceptors (Lipinski definition) is 6. The minimum absolute atomic E-state index is 0.0391. The zero-order valence-electron chi connectivity index (χ0n) is 23.4. The van der Waals surface area contributed by atoms with E-state index >= 15 is 0 Å². The van der Waals surface area contributed by atoms with Crippen molar-refractivity contribution in [1.29, 1.82) is 0 Å². The summed E-state index contributed by atoms with van der Waals surface area (Å²) >= 11 is 0. The van der Waals surface area contributed by atoms with E-state index in [1.54, 1.807) is 17.1 Å². The van der Waals surface area contributed by atoms with Crippen molar-refractivity contribution in [2.75, 3.05) is 19.8 Å². The first kappa shape index (κ1) is 28.8. The molecule has 0 aromatic carbocycles. The maximum absolute atomic E-state index is 14.6. The Hall–Kier alpha value is -2.19. The molecule has 0 radical (unpaired) electrons. The van der Waals surface area contributed by atoms with Gasteiger partial charge >= 0.3 is 5.97 Å². The van der Waals surface area contributed by atoms with Crippen molar-refractivity contribution in [3.05, 3.63) is 25.3 Å². The van der Waals surface area contributed by atoms with E-state index in [0.29, 0.717) is 25.8 Å². The molecule has 4 rings (SSSR count). The molecule has 3 heterocycles. The summed E-state index contributed by atoms with van der Waals surface area (Å²) in [5.74, 6) is -2.54. The minimum Gasteiger partial charge on any atom is -0.465 e. The molecule has 3 saturated heterocycles. The molecule has 4 fully saturated rings. The van der Waals surface area contributed by atoms with Gasteiger partial charge in [0.2, 0.25) is 11.8 Å². The standard InChI is InChI=1S/C30H46N2O6/c1-6-9-18-37-28(36)24-23-26(34)32(22(19-33)20(4)8-3)25(30(23)16-15-29(24,5)38-30)27(35)31(17-7-2)21-13-11-10-12-14-21/h6-7,20-25,33H,1-2,8-19H2,3-5H3/t20-,22-,23-,24+,25?,29-,30?/m0/s1. The monoisotopic (exact) mass is 530 g/mol. The average molecular weight is 531 g/mol. The number of esters is 1. The van der Waals surface area contributed by atoms with Crippen LogP contribution in [0, 0.1) is 17.8 Å². The summed E-state index contributed by atoms with van der Waals surface area (Å²) in [5.41, 5.74) is -2.00. The van der Waals surface area contributed by atoms with Gasteiger partial charge in [0.1, 0.15) is 17.6 Å². The van der Waals surface area contributed by atoms with Crippen molar-refractivity contribution >= 4 is 17.8 Å². The van der Waals surface area contributed by atoms with Crippen molar-refractivity contribution in [1.82, 2.24) is 9.80 Å². The Morgan fingerprint density at radius 1 is 1.24 bits per heavy atom. The quantitative estimate of drug-likeness (QED) is 0.235. The van der Waals surface area contributed by atoms with Crippen LogP contribution in [0.5, 0.6) is 0 Å². The summed E-state index contributed by atoms with van der Waals surface area (Å²) in [5, 5.41) is 10.5. The lowest BCUT2D eigenvalue weighted by atomic mass is 9.66. The second kappa shape index (κ2) is 11.5. The molecule has 1 saturated carbocycles. The minimum atomic E-state index is -1.12. The number of hydrogen-bond donors (Lipinski definition) is 1. The van der Waals surface area contributed by atoms with E-state index in [9.17, 15) is 19.5 Å². The number of carbonyl (C=O) groups excluding carboxylic acids is 3. The van der Waals surface area contributed by atoms with Crippen LogP contribution in [0.25, 0.3) is 0 Å². The van der Waals surface area contributed by atoms with E-state index in [-0.39, 0.29) is 37.0 Å². The van der Waals surface area contributed by atoms with E-state index in [4.69, 9.17) is 9.47 Å². The second-order valence-electron chi connectivity index (χ2n) is 11.9. The van der Waals surface area contributed by atoms with Gasteiger partial charge in [0, 0.05) is 12.6 Å². The second-order valence-corrected chi connectivity index (χ2v) is 11.9. The van der Waals surface area contributed by atoms with E-state index in [0.717, 1.165) is 38.5 Å². The number of rotatable bonds is 12. The number of aliphatic hydroxyl groups excluding tert-OH is 1. The zero-order valence-corrected chi connectivity index (χ0v) is 23.4. The molecule has 212 valence electrons. The van der Waals surface area contributed by atoms with E-state index in [2.05, 4.69) is 13.2 Å². The molecule has 2 unspecified atom stereocenters. The maximum Gasteiger partial charge on any atom is 0.312 e. The number of amides is 2. The zero-order chi connectivity index (χ0) is 27.7. The summed E-state index contributed by atoms with van der Waals surface area (Å²) in [4.78, 5) is 45.9. The first-order chi connectivity index (χ1) is 18.2. The molecule has 8 nitrogen and oxygen atoms in total. The third-order valence-electron chi connectivity index (χ3n) is 9.74. The molecular formula is C30H46N2O6. The number of carbonyl (C=O) groups is 3. The molecule has 1 spiro atoms. The van der Waals surface area contributed by atoms with Crippen molar-refractivity contribution in [2.24, 2.45) is 17.8 Å². The Morgan fingerprint density at radius 2 is 1.95 bits per heavy atom. The molecule has 8 heteroatoms. The fraction of sp³-hybridized carbons (Fsp3) is 0.767. The van der Waals surface area contributed by atoms with Gasteiger partial charge in [-0.2, -0.15) is 0 Å². The molecule has 0 aromatic rings. The number of likely N-dealkylation sites (tertiary alicyclic amines) is 1. The predicted octanol–water partition coefficient (Wildman–Crippen LogP) is 3.62. The van der Waals surface area contributed by atoms with Gasteiger partial charge in [-0.05, 0) is 44.9 Å². The maximum atomic E-state index is 14.6. The number of ether oxygens (including phenoxy) is 2. The Labute approximate surface area is 227 Å². The fourth-order valence-corrected chi connectivity index (χ4v) is 7.61. The third kappa shape index (κ3) is 4.61. The van der Waals surface area contributed by atoms with Crippen LogP contribution in [0.1, 0.15) is 78.6 Å². The summed E-state index contributed by atoms with van der Waals surface area (Å²) in [6.45, 7) is 13.8. The summed E-state index contributed by atoms with van der Waals surface area (Å²) in [7, 11) is 0. The average Bonchev–Trinajstić information content (AvgIpc) is 3.48. The number of aliphatic hydroxyl groups is 1. The van der Waals surface area contributed by atoms with Gasteiger partial charge in [0.05, 0.1) is 30.8 Å². The molecule has 1 aliphatic carbocycles. The highest BCUT2D eigenvalue weighted by molar-refractivity contribution is 5.99. The van der Waals surface area contributed by atoms with Crippen LogP contribution in [0.3, 0.4) is 0 Å². The normalized spacial score (nSPS) is 34.1. The van der Waals surface area contributed by atoms with E-state index in [1.165, 1.54) is 0 Å². The highest BCUT2D eigenvalue weighted by Gasteiger charge is 2.79. The van der Waals surface area contributed by atoms with Gasteiger partial charge in [0.15, 0.2) is 0 Å². The van der Waals surface area contributed by atoms with Crippen LogP contribution in [0.4, 0.5) is 0 Å². The van der Waals surface area contributed by atoms with Gasteiger partial charge in [-0.25, -0.2) is 0 Å². The van der Waals surface area contributed by atoms with Crippen LogP contribution < -0.4 is 0 Å². The largest absolute Gasteiger partial charge is 0.465 e. The lowest BCUT2D eigenvalue weighted by molar-refractivity contribution is -0.163. The topological polar surface area (TPSA) is 96.4 Å². The van der Waals surface area contributed by atoms with Crippen LogP contribution >= 0.6 is 0 Å². The van der Waals surface area contributed by atoms with Gasteiger partial charge in [-0.1, -0.05) is 51.7 Å². The lowest BCUT2D eigenvalue weighted by Crippen LogP contribution is -2.61. The Morgan fingerprint density at radius 3 is 2.55 bits per heavy atom. The summed E-state index contributed by atoms with van der Waals surface area (Å²) < 4.78 is 12.3. The van der Waals surface area contributed by atoms with E-state index in [1.807, 2.05) is 25.7 Å². The lowest BCUT2D eigenvalue weighted by Gasteiger charge is -2.43. The van der Waals surface area contributed by atoms with Crippen molar-refractivity contribution in [2.45, 2.75) is 108 Å². The Balaban J connectivity index is 1.78. The number of fused-ring (bicyclic) bond motifs is 1. The molecule has 3 aliphatic heterocycles. The van der Waals surface area contributed by atoms with Crippen LogP contribution in [0.15, 0.2) is 25.3 Å². The van der Waals surface area contributed by atoms with Gasteiger partial charge < -0.3 is 24.4 Å². The Kier molecular flexibility index (Phi) is 8.72. The van der Waals surface area contributed by atoms with Crippen molar-refractivity contribution < 1.29 is 29.0 Å². The molecule has 4 aliphatic rings. The van der Waals surface area contributed by atoms with Gasteiger partial charge in [-0.15, -0.1) is 13.2 Å². The highest BCUT2D eigenvalue weighted by Crippen LogP contribution is 2.64. The van der Waals surface area contributed by atoms with Crippen molar-refractivity contribution in [3.63, 3.8) is 0 Å². The molecule has 0 aromatic heterocycles. The van der Waals surface area contributed by atoms with Crippen LogP contribution in [-0.2, 0) is 23.9 Å². The first-order valence-corrected chi connectivity index (χ1v) is 14.5. The van der Waals surface area contributed by atoms with Gasteiger partial charge in [0.25, 0.3) is 0 Å². The van der Waals surface area contributed by atoms with Gasteiger partial charge in [-0.3, -0.25) is 14.4 Å². The number of nitrogens with zero attached hydrogens (tertiary/aromatic N) is 2. The summed E-state index contributed by atoms with van der Waals surface area (Å²) in [6.07, 6.45) is 10.9. The fourth-order valence-electron chi connectivity index (χ4n) is 7.61. The smallest absolute Gasteiger partial charge is 0.312 e. The van der Waals surface area contributed by atoms with Crippen LogP contribution in [-0.4, -0.2) is 81.8 Å². The molecule has 7 atom stereocenters. The molecule has 1 N–H and O–H groups in total. The molecule has 2 bridgehead atoms. The molecular weight excluding hydrogens is 484 g/mol. The van der Waals surface area contributed by atoms with Crippen LogP contribution in [0.2, 0.25) is 0 Å². The Bertz CT molecular complexity index is 932. The first-order valence-electron chi connectivity index (χ1n) is 14.5. The van der Waals surface area contributed by atoms with E-state index < -0.39 is 41.1 Å².